The van der Waals surface area contributed by atoms with Crippen LogP contribution >= 0.6 is 0 Å². The number of rotatable bonds is 14. The Hall–Kier alpha value is -5.33. The molecule has 306 valence electrons. The third kappa shape index (κ3) is 8.30. The molecule has 4 aliphatic heterocycles. The largest absolute Gasteiger partial charge is 0.387 e. The molecule has 4 fully saturated rings. The summed E-state index contributed by atoms with van der Waals surface area (Å²) in [6.45, 7) is 12.8. The van der Waals surface area contributed by atoms with Crippen LogP contribution in [0.2, 0.25) is 0 Å². The van der Waals surface area contributed by atoms with Gasteiger partial charge in [0.2, 0.25) is 5.91 Å². The minimum atomic E-state index is -0.832. The fourth-order valence-corrected chi connectivity index (χ4v) is 10.6. The van der Waals surface area contributed by atoms with Crippen LogP contribution in [0.15, 0.2) is 117 Å². The second-order valence-electron chi connectivity index (χ2n) is 16.9. The van der Waals surface area contributed by atoms with Crippen molar-refractivity contribution in [1.82, 2.24) is 19.9 Å². The van der Waals surface area contributed by atoms with Crippen molar-refractivity contribution in [2.24, 2.45) is 23.7 Å². The number of carbonyl (C=O) groups excluding carboxylic acids is 2. The number of aromatic nitrogens is 3. The Kier molecular flexibility index (Phi) is 12.0. The maximum atomic E-state index is 14.0. The summed E-state index contributed by atoms with van der Waals surface area (Å²) >= 11 is 0. The van der Waals surface area contributed by atoms with Crippen LogP contribution in [0.1, 0.15) is 62.4 Å². The minimum Gasteiger partial charge on any atom is -0.387 e. The Bertz CT molecular complexity index is 2330. The van der Waals surface area contributed by atoms with E-state index in [9.17, 15) is 19.8 Å². The van der Waals surface area contributed by atoms with Crippen molar-refractivity contribution in [2.75, 3.05) is 43.4 Å². The molecule has 4 aliphatic rings. The topological polar surface area (TPSA) is 141 Å². The molecule has 11 heteroatoms. The standard InChI is InChI=1S/C48H55N7O4/c1-4-12-33-25-41(47(58)37-19-22-49-39-15-9-7-13-35(37)39)54(27-31(33)5-2)28-45(56)52-43-17-11-18-44(51-43)53-46(57)30-55-24-21-34(32(6-3)29-55)26-42(55)48(59)38-20-23-50-40-16-10-8-14-36(38)40/h5-11,13-20,22-23,31-34,41-42,47-48,58-59H,2-4,12,21,24-30H2,1H3,(H-,51,52,53,56,57)/p+1. The molecule has 5 aromatic rings. The number of anilines is 2. The minimum absolute atomic E-state index is 0.0497. The highest BCUT2D eigenvalue weighted by Crippen LogP contribution is 2.47. The lowest BCUT2D eigenvalue weighted by atomic mass is 9.71. The smallest absolute Gasteiger partial charge is 0.280 e. The van der Waals surface area contributed by atoms with Gasteiger partial charge in [-0.25, -0.2) is 4.98 Å². The van der Waals surface area contributed by atoms with Crippen molar-refractivity contribution in [3.8, 4) is 0 Å². The number of fused-ring (bicyclic) bond motifs is 5. The van der Waals surface area contributed by atoms with E-state index in [1.807, 2.05) is 72.8 Å². The van der Waals surface area contributed by atoms with E-state index in [1.165, 1.54) is 0 Å². The van der Waals surface area contributed by atoms with Gasteiger partial charge in [0.05, 0.1) is 36.8 Å². The van der Waals surface area contributed by atoms with Gasteiger partial charge in [-0.3, -0.25) is 24.5 Å². The van der Waals surface area contributed by atoms with Crippen LogP contribution in [-0.4, -0.2) is 91.2 Å². The number of quaternary nitrogens is 1. The van der Waals surface area contributed by atoms with E-state index < -0.39 is 12.2 Å². The highest BCUT2D eigenvalue weighted by molar-refractivity contribution is 5.93. The number of piperidine rings is 4. The number of carbonyl (C=O) groups is 2. The van der Waals surface area contributed by atoms with Gasteiger partial charge in [-0.1, -0.05) is 74.4 Å². The van der Waals surface area contributed by atoms with E-state index in [0.717, 1.165) is 78.1 Å². The lowest BCUT2D eigenvalue weighted by molar-refractivity contribution is -0.966. The fourth-order valence-electron chi connectivity index (χ4n) is 10.6. The zero-order chi connectivity index (χ0) is 41.1. The average Bonchev–Trinajstić information content (AvgIpc) is 3.25. The number of aliphatic hydroxyl groups excluding tert-OH is 2. The van der Waals surface area contributed by atoms with Gasteiger partial charge in [-0.05, 0) is 71.7 Å². The quantitative estimate of drug-likeness (QED) is 0.0683. The number of para-hydroxylation sites is 2. The maximum Gasteiger partial charge on any atom is 0.280 e. The average molecular weight is 795 g/mol. The zero-order valence-electron chi connectivity index (χ0n) is 33.9. The van der Waals surface area contributed by atoms with Crippen molar-refractivity contribution >= 4 is 45.3 Å². The van der Waals surface area contributed by atoms with E-state index in [2.05, 4.69) is 50.6 Å². The van der Waals surface area contributed by atoms with Crippen molar-refractivity contribution in [3.63, 3.8) is 0 Å². The first-order chi connectivity index (χ1) is 28.7. The molecular weight excluding hydrogens is 739 g/mol. The van der Waals surface area contributed by atoms with Crippen LogP contribution in [0.5, 0.6) is 0 Å². The first-order valence-electron chi connectivity index (χ1n) is 21.1. The fraction of sp³-hybridized carbons (Fsp3) is 0.396. The molecule has 7 heterocycles. The third-order valence-corrected chi connectivity index (χ3v) is 13.5. The second kappa shape index (κ2) is 17.5. The van der Waals surface area contributed by atoms with Crippen molar-refractivity contribution < 1.29 is 24.3 Å². The van der Waals surface area contributed by atoms with Gasteiger partial charge < -0.3 is 25.3 Å². The van der Waals surface area contributed by atoms with E-state index in [-0.39, 0.29) is 48.8 Å². The molecule has 2 amide bonds. The molecule has 3 aromatic heterocycles. The molecule has 11 nitrogen and oxygen atoms in total. The number of hydrogen-bond acceptors (Lipinski definition) is 8. The van der Waals surface area contributed by atoms with Crippen molar-refractivity contribution in [1.29, 1.82) is 0 Å². The van der Waals surface area contributed by atoms with Crippen LogP contribution in [0.4, 0.5) is 11.6 Å². The lowest BCUT2D eigenvalue weighted by Gasteiger charge is -2.57. The van der Waals surface area contributed by atoms with Crippen molar-refractivity contribution in [3.05, 3.63) is 128 Å². The molecule has 0 saturated carbocycles. The van der Waals surface area contributed by atoms with Crippen LogP contribution < -0.4 is 10.6 Å². The first kappa shape index (κ1) is 40.4. The summed E-state index contributed by atoms with van der Waals surface area (Å²) in [4.78, 5) is 43.5. The summed E-state index contributed by atoms with van der Waals surface area (Å²) in [6.07, 6.45) is 10.4. The number of nitrogens with zero attached hydrogens (tertiary/aromatic N) is 5. The maximum absolute atomic E-state index is 14.0. The summed E-state index contributed by atoms with van der Waals surface area (Å²) < 4.78 is 0.455. The Morgan fingerprint density at radius 3 is 2.10 bits per heavy atom. The Balaban J connectivity index is 0.969. The number of nitrogens with one attached hydrogen (secondary N) is 2. The Labute approximate surface area is 346 Å². The number of hydrogen-bond donors (Lipinski definition) is 4. The van der Waals surface area contributed by atoms with Crippen LogP contribution in [0.25, 0.3) is 21.8 Å². The first-order valence-corrected chi connectivity index (χ1v) is 21.1. The monoisotopic (exact) mass is 794 g/mol. The number of pyridine rings is 3. The van der Waals surface area contributed by atoms with Crippen LogP contribution in [0.3, 0.4) is 0 Å². The predicted octanol–water partition coefficient (Wildman–Crippen LogP) is 7.23. The van der Waals surface area contributed by atoms with Crippen LogP contribution in [0, 0.1) is 23.7 Å². The molecule has 4 N–H and O–H groups in total. The Morgan fingerprint density at radius 1 is 0.831 bits per heavy atom. The SMILES string of the molecule is C=CC1CN(CC(=O)Nc2cccc(NC(=O)C[N+]34CCC(CC3C(O)c3ccnc5ccccc35)C(C=C)C4)n2)C(C(O)c2ccnc3ccccc23)CC1CCC. The summed E-state index contributed by atoms with van der Waals surface area (Å²) in [5, 5.41) is 31.9. The molecule has 9 rings (SSSR count). The summed E-state index contributed by atoms with van der Waals surface area (Å²) in [7, 11) is 0. The number of benzene rings is 2. The van der Waals surface area contributed by atoms with Gasteiger partial charge in [0.25, 0.3) is 5.91 Å². The molecule has 0 spiro atoms. The summed E-state index contributed by atoms with van der Waals surface area (Å²) in [6, 6.07) is 24.2. The Morgan fingerprint density at radius 2 is 1.46 bits per heavy atom. The highest BCUT2D eigenvalue weighted by atomic mass is 16.3. The van der Waals surface area contributed by atoms with Gasteiger partial charge in [0.15, 0.2) is 6.54 Å². The summed E-state index contributed by atoms with van der Waals surface area (Å²) in [5.41, 5.74) is 3.29. The molecule has 0 aliphatic carbocycles. The number of amides is 2. The lowest BCUT2D eigenvalue weighted by Crippen LogP contribution is -2.69. The molecule has 9 atom stereocenters. The number of aliphatic hydroxyl groups is 2. The van der Waals surface area contributed by atoms with E-state index in [1.54, 1.807) is 30.6 Å². The van der Waals surface area contributed by atoms with Crippen LogP contribution in [-0.2, 0) is 9.59 Å². The third-order valence-electron chi connectivity index (χ3n) is 13.5. The molecular formula is C48H56N7O4+. The molecule has 9 unspecified atom stereocenters. The highest BCUT2D eigenvalue weighted by Gasteiger charge is 2.55. The van der Waals surface area contributed by atoms with Gasteiger partial charge in [-0.15, -0.1) is 13.2 Å². The normalized spacial score (nSPS) is 26.6. The second-order valence-corrected chi connectivity index (χ2v) is 16.9. The van der Waals surface area contributed by atoms with E-state index in [0.29, 0.717) is 34.5 Å². The molecule has 2 bridgehead atoms. The zero-order valence-corrected chi connectivity index (χ0v) is 33.9. The number of likely N-dealkylation sites (tertiary alicyclic amines) is 1. The van der Waals surface area contributed by atoms with Gasteiger partial charge in [-0.2, -0.15) is 0 Å². The molecule has 2 aromatic carbocycles. The molecule has 4 saturated heterocycles. The van der Waals surface area contributed by atoms with Crippen molar-refractivity contribution in [2.45, 2.75) is 63.3 Å². The van der Waals surface area contributed by atoms with E-state index >= 15 is 0 Å². The summed E-state index contributed by atoms with van der Waals surface area (Å²) in [5.74, 6) is 1.37. The molecule has 59 heavy (non-hydrogen) atoms. The predicted molar refractivity (Wildman–Crippen MR) is 232 cm³/mol. The van der Waals surface area contributed by atoms with Gasteiger partial charge in [0, 0.05) is 54.5 Å². The van der Waals surface area contributed by atoms with E-state index in [4.69, 9.17) is 0 Å². The van der Waals surface area contributed by atoms with Gasteiger partial charge in [0.1, 0.15) is 23.8 Å². The van der Waals surface area contributed by atoms with Gasteiger partial charge >= 0.3 is 0 Å². The molecule has 0 radical (unpaired) electrons.